The molecule has 0 saturated heterocycles. The summed E-state index contributed by atoms with van der Waals surface area (Å²) in [5.41, 5.74) is -0.00643. The lowest BCUT2D eigenvalue weighted by Crippen LogP contribution is -2.15. The van der Waals surface area contributed by atoms with Crippen molar-refractivity contribution in [1.29, 1.82) is 0 Å². The quantitative estimate of drug-likeness (QED) is 0.681. The van der Waals surface area contributed by atoms with Gasteiger partial charge in [0.25, 0.3) is 5.69 Å². The number of hydrogen-bond donors (Lipinski definition) is 1. The van der Waals surface area contributed by atoms with Crippen molar-refractivity contribution in [3.8, 4) is 0 Å². The third kappa shape index (κ3) is 3.17. The second-order valence-corrected chi connectivity index (χ2v) is 5.79. The van der Waals surface area contributed by atoms with Crippen LogP contribution in [0, 0.1) is 10.1 Å². The second kappa shape index (κ2) is 4.79. The maximum Gasteiger partial charge on any atom is 0.271 e. The van der Waals surface area contributed by atoms with Gasteiger partial charge >= 0.3 is 0 Å². The number of non-ortho nitro benzene ring substituents is 1. The van der Waals surface area contributed by atoms with Crippen LogP contribution in [0.4, 0.5) is 11.4 Å². The van der Waals surface area contributed by atoms with E-state index in [1.165, 1.54) is 19.1 Å². The Balaban J connectivity index is 3.13. The summed E-state index contributed by atoms with van der Waals surface area (Å²) in [5.74, 6) is -0.0951. The number of sulfonamides is 1. The highest BCUT2D eigenvalue weighted by atomic mass is 79.9. The number of rotatable bonds is 4. The Morgan fingerprint density at radius 2 is 2.12 bits per heavy atom. The zero-order valence-corrected chi connectivity index (χ0v) is 10.7. The Labute approximate surface area is 101 Å². The minimum atomic E-state index is -3.44. The number of nitrogens with zero attached hydrogens (tertiary/aromatic N) is 1. The molecule has 0 heterocycles. The summed E-state index contributed by atoms with van der Waals surface area (Å²) in [5, 5.41) is 10.5. The van der Waals surface area contributed by atoms with Crippen LogP contribution in [0.3, 0.4) is 0 Å². The lowest BCUT2D eigenvalue weighted by molar-refractivity contribution is -0.384. The Kier molecular flexibility index (Phi) is 3.87. The number of nitrogens with one attached hydrogen (secondary N) is 1. The molecule has 1 aromatic rings. The summed E-state index contributed by atoms with van der Waals surface area (Å²) in [7, 11) is -3.44. The predicted octanol–water partition coefficient (Wildman–Crippen LogP) is 2.12. The highest BCUT2D eigenvalue weighted by molar-refractivity contribution is 9.10. The van der Waals surface area contributed by atoms with Gasteiger partial charge in [0.05, 0.1) is 16.4 Å². The summed E-state index contributed by atoms with van der Waals surface area (Å²) in [6.45, 7) is 1.48. The van der Waals surface area contributed by atoms with Crippen molar-refractivity contribution < 1.29 is 13.3 Å². The maximum absolute atomic E-state index is 11.3. The number of nitro groups is 1. The standard InChI is InChI=1S/C8H9BrN2O4S/c1-2-16(14,15)10-8-5-6(11(12)13)3-4-7(8)9/h3-5,10H,2H2,1H3. The smallest absolute Gasteiger partial charge is 0.271 e. The van der Waals surface area contributed by atoms with Gasteiger partial charge in [-0.25, -0.2) is 8.42 Å². The first-order valence-corrected chi connectivity index (χ1v) is 6.74. The van der Waals surface area contributed by atoms with Gasteiger partial charge < -0.3 is 0 Å². The molecule has 0 aromatic heterocycles. The maximum atomic E-state index is 11.3. The van der Waals surface area contributed by atoms with Crippen molar-refractivity contribution in [3.63, 3.8) is 0 Å². The summed E-state index contributed by atoms with van der Waals surface area (Å²) >= 11 is 3.11. The molecule has 0 aliphatic rings. The molecule has 0 radical (unpaired) electrons. The average Bonchev–Trinajstić information content (AvgIpc) is 2.21. The van der Waals surface area contributed by atoms with Gasteiger partial charge in [0, 0.05) is 16.6 Å². The molecule has 0 fully saturated rings. The van der Waals surface area contributed by atoms with Crippen LogP contribution in [0.2, 0.25) is 0 Å². The highest BCUT2D eigenvalue weighted by Gasteiger charge is 2.13. The largest absolute Gasteiger partial charge is 0.282 e. The van der Waals surface area contributed by atoms with Crippen LogP contribution in [0.5, 0.6) is 0 Å². The molecule has 0 unspecified atom stereocenters. The SMILES string of the molecule is CCS(=O)(=O)Nc1cc([N+](=O)[O-])ccc1Br. The van der Waals surface area contributed by atoms with Crippen molar-refractivity contribution in [1.82, 2.24) is 0 Å². The molecule has 1 N–H and O–H groups in total. The Morgan fingerprint density at radius 3 is 2.62 bits per heavy atom. The van der Waals surface area contributed by atoms with E-state index < -0.39 is 14.9 Å². The Bertz CT molecular complexity index is 515. The van der Waals surface area contributed by atoms with Crippen LogP contribution < -0.4 is 4.72 Å². The summed E-state index contributed by atoms with van der Waals surface area (Å²) in [4.78, 5) is 9.93. The number of anilines is 1. The first-order chi connectivity index (χ1) is 7.35. The van der Waals surface area contributed by atoms with E-state index in [4.69, 9.17) is 0 Å². The van der Waals surface area contributed by atoms with Crippen LogP contribution in [0.1, 0.15) is 6.92 Å². The number of hydrogen-bond acceptors (Lipinski definition) is 4. The molecule has 1 rings (SSSR count). The van der Waals surface area contributed by atoms with Crippen LogP contribution in [-0.2, 0) is 10.0 Å². The lowest BCUT2D eigenvalue weighted by Gasteiger charge is -2.07. The zero-order chi connectivity index (χ0) is 12.3. The zero-order valence-electron chi connectivity index (χ0n) is 8.31. The van der Waals surface area contributed by atoms with Crippen LogP contribution in [0.25, 0.3) is 0 Å². The van der Waals surface area contributed by atoms with Crippen molar-refractivity contribution in [3.05, 3.63) is 32.8 Å². The van der Waals surface area contributed by atoms with Gasteiger partial charge in [0.1, 0.15) is 0 Å². The van der Waals surface area contributed by atoms with E-state index in [0.29, 0.717) is 4.47 Å². The first kappa shape index (κ1) is 12.9. The molecule has 0 atom stereocenters. The summed E-state index contributed by atoms with van der Waals surface area (Å²) < 4.78 is 25.3. The van der Waals surface area contributed by atoms with E-state index in [9.17, 15) is 18.5 Å². The Hall–Kier alpha value is -1.15. The van der Waals surface area contributed by atoms with Gasteiger partial charge in [-0.15, -0.1) is 0 Å². The minimum absolute atomic E-state index is 0.0951. The third-order valence-electron chi connectivity index (χ3n) is 1.81. The molecule has 88 valence electrons. The molecule has 0 aliphatic heterocycles. The van der Waals surface area contributed by atoms with E-state index >= 15 is 0 Å². The fourth-order valence-electron chi connectivity index (χ4n) is 0.945. The normalized spacial score (nSPS) is 11.1. The summed E-state index contributed by atoms with van der Waals surface area (Å²) in [6, 6.07) is 3.87. The van der Waals surface area contributed by atoms with Crippen molar-refractivity contribution in [2.45, 2.75) is 6.92 Å². The van der Waals surface area contributed by atoms with Crippen LogP contribution in [0.15, 0.2) is 22.7 Å². The van der Waals surface area contributed by atoms with Gasteiger partial charge in [-0.1, -0.05) is 0 Å². The van der Waals surface area contributed by atoms with Crippen molar-refractivity contribution in [2.24, 2.45) is 0 Å². The third-order valence-corrected chi connectivity index (χ3v) is 3.79. The fraction of sp³-hybridized carbons (Fsp3) is 0.250. The Morgan fingerprint density at radius 1 is 1.50 bits per heavy atom. The molecule has 6 nitrogen and oxygen atoms in total. The van der Waals surface area contributed by atoms with E-state index in [0.717, 1.165) is 6.07 Å². The fourth-order valence-corrected chi connectivity index (χ4v) is 2.07. The summed E-state index contributed by atoms with van der Waals surface area (Å²) in [6.07, 6.45) is 0. The number of nitro benzene ring substituents is 1. The number of benzene rings is 1. The molecule has 1 aromatic carbocycles. The van der Waals surface area contributed by atoms with Gasteiger partial charge in [-0.3, -0.25) is 14.8 Å². The van der Waals surface area contributed by atoms with Gasteiger partial charge in [-0.05, 0) is 28.9 Å². The predicted molar refractivity (Wildman–Crippen MR) is 63.9 cm³/mol. The monoisotopic (exact) mass is 308 g/mol. The second-order valence-electron chi connectivity index (χ2n) is 2.93. The van der Waals surface area contributed by atoms with Crippen molar-refractivity contribution >= 4 is 37.3 Å². The van der Waals surface area contributed by atoms with Gasteiger partial charge in [0.15, 0.2) is 0 Å². The van der Waals surface area contributed by atoms with Gasteiger partial charge in [0.2, 0.25) is 10.0 Å². The molecule has 0 amide bonds. The van der Waals surface area contributed by atoms with E-state index in [-0.39, 0.29) is 17.1 Å². The van der Waals surface area contributed by atoms with Gasteiger partial charge in [-0.2, -0.15) is 0 Å². The van der Waals surface area contributed by atoms with Crippen LogP contribution in [-0.4, -0.2) is 19.1 Å². The number of halogens is 1. The average molecular weight is 309 g/mol. The minimum Gasteiger partial charge on any atom is -0.282 e. The first-order valence-electron chi connectivity index (χ1n) is 4.30. The molecule has 0 saturated carbocycles. The molecule has 0 aliphatic carbocycles. The lowest BCUT2D eigenvalue weighted by atomic mass is 10.3. The molecule has 8 heteroatoms. The molecule has 0 bridgehead atoms. The van der Waals surface area contributed by atoms with E-state index in [1.54, 1.807) is 0 Å². The van der Waals surface area contributed by atoms with E-state index in [1.807, 2.05) is 0 Å². The highest BCUT2D eigenvalue weighted by Crippen LogP contribution is 2.27. The van der Waals surface area contributed by atoms with Crippen molar-refractivity contribution in [2.75, 3.05) is 10.5 Å². The molecular weight excluding hydrogens is 300 g/mol. The topological polar surface area (TPSA) is 89.3 Å². The van der Waals surface area contributed by atoms with Crippen LogP contribution >= 0.6 is 15.9 Å². The molecular formula is C8H9BrN2O4S. The van der Waals surface area contributed by atoms with E-state index in [2.05, 4.69) is 20.7 Å². The molecule has 0 spiro atoms. The molecule has 16 heavy (non-hydrogen) atoms.